The van der Waals surface area contributed by atoms with Crippen molar-refractivity contribution < 1.29 is 0 Å². The average Bonchev–Trinajstić information content (AvgIpc) is 3.88. The number of hydrogen-bond acceptors (Lipinski definition) is 3. The summed E-state index contributed by atoms with van der Waals surface area (Å²) >= 11 is 0. The molecule has 4 bridgehead atoms. The molecule has 6 aromatic rings. The summed E-state index contributed by atoms with van der Waals surface area (Å²) in [5, 5.41) is 0. The predicted octanol–water partition coefficient (Wildman–Crippen LogP) is 9.76. The highest BCUT2D eigenvalue weighted by Crippen LogP contribution is 2.61. The molecule has 1 heterocycles. The summed E-state index contributed by atoms with van der Waals surface area (Å²) in [5.41, 5.74) is 10.4. The Morgan fingerprint density at radius 2 is 0.795 bits per heavy atom. The standard InChI is InChI=1S/C41H29N3/c1-3-9-26(10-4-1)29-13-7-15-31(23-29)39-42-40(32-16-8-14-30(24-32)27-11-5-2-6-12-27)44-41(43-39)33-19-20-34-28-17-21-35-36(22-18-28)38(35)37(34)25-33/h1-25,28,35-36,38H. The van der Waals surface area contributed by atoms with Gasteiger partial charge < -0.3 is 0 Å². The van der Waals surface area contributed by atoms with E-state index in [9.17, 15) is 0 Å². The van der Waals surface area contributed by atoms with Crippen LogP contribution in [0.15, 0.2) is 152 Å². The molecule has 0 amide bonds. The molecule has 4 aliphatic carbocycles. The van der Waals surface area contributed by atoms with E-state index >= 15 is 0 Å². The quantitative estimate of drug-likeness (QED) is 0.196. The fourth-order valence-electron chi connectivity index (χ4n) is 7.04. The van der Waals surface area contributed by atoms with Crippen LogP contribution < -0.4 is 0 Å². The Morgan fingerprint density at radius 3 is 1.32 bits per heavy atom. The third-order valence-corrected chi connectivity index (χ3v) is 9.37. The maximum atomic E-state index is 5.13. The van der Waals surface area contributed by atoms with Gasteiger partial charge >= 0.3 is 0 Å². The Labute approximate surface area is 257 Å². The van der Waals surface area contributed by atoms with Crippen LogP contribution in [0, 0.1) is 11.8 Å². The van der Waals surface area contributed by atoms with E-state index in [2.05, 4.69) is 140 Å². The van der Waals surface area contributed by atoms with Crippen molar-refractivity contribution in [3.63, 3.8) is 0 Å². The van der Waals surface area contributed by atoms with Crippen LogP contribution in [0.3, 0.4) is 0 Å². The number of benzene rings is 5. The number of hydrogen-bond donors (Lipinski definition) is 0. The summed E-state index contributed by atoms with van der Waals surface area (Å²) in [6, 6.07) is 44.7. The van der Waals surface area contributed by atoms with Crippen molar-refractivity contribution in [3.05, 3.63) is 163 Å². The minimum Gasteiger partial charge on any atom is -0.208 e. The van der Waals surface area contributed by atoms with E-state index in [1.54, 1.807) is 0 Å². The number of nitrogens with zero attached hydrogens (tertiary/aromatic N) is 3. The molecule has 44 heavy (non-hydrogen) atoms. The van der Waals surface area contributed by atoms with Gasteiger partial charge in [-0.15, -0.1) is 0 Å². The van der Waals surface area contributed by atoms with Gasteiger partial charge in [-0.3, -0.25) is 0 Å². The Morgan fingerprint density at radius 1 is 0.341 bits per heavy atom. The topological polar surface area (TPSA) is 38.7 Å². The van der Waals surface area contributed by atoms with Gasteiger partial charge in [0.2, 0.25) is 0 Å². The number of rotatable bonds is 5. The van der Waals surface area contributed by atoms with Crippen LogP contribution in [0.5, 0.6) is 0 Å². The van der Waals surface area contributed by atoms with Gasteiger partial charge in [0.15, 0.2) is 17.5 Å². The highest BCUT2D eigenvalue weighted by atomic mass is 15.0. The molecule has 0 N–H and O–H groups in total. The molecule has 1 fully saturated rings. The first-order valence-electron chi connectivity index (χ1n) is 15.4. The van der Waals surface area contributed by atoms with Crippen molar-refractivity contribution in [1.82, 2.24) is 15.0 Å². The van der Waals surface area contributed by atoms with Crippen LogP contribution in [-0.2, 0) is 0 Å². The zero-order chi connectivity index (χ0) is 29.0. The fourth-order valence-corrected chi connectivity index (χ4v) is 7.04. The summed E-state index contributed by atoms with van der Waals surface area (Å²) in [5.74, 6) is 4.18. The molecule has 4 aliphatic rings. The first kappa shape index (κ1) is 25.1. The van der Waals surface area contributed by atoms with Gasteiger partial charge in [0.25, 0.3) is 0 Å². The third-order valence-electron chi connectivity index (χ3n) is 9.37. The zero-order valence-corrected chi connectivity index (χ0v) is 24.1. The van der Waals surface area contributed by atoms with Gasteiger partial charge in [-0.2, -0.15) is 0 Å². The van der Waals surface area contributed by atoms with Gasteiger partial charge in [0, 0.05) is 22.6 Å². The van der Waals surface area contributed by atoms with Gasteiger partial charge in [-0.1, -0.05) is 133 Å². The normalized spacial score (nSPS) is 20.5. The number of aromatic nitrogens is 3. The molecule has 2 atom stereocenters. The van der Waals surface area contributed by atoms with Crippen LogP contribution in [0.2, 0.25) is 0 Å². The summed E-state index contributed by atoms with van der Waals surface area (Å²) in [6.07, 6.45) is 9.62. The molecule has 208 valence electrons. The van der Waals surface area contributed by atoms with E-state index in [0.29, 0.717) is 41.1 Å². The van der Waals surface area contributed by atoms with E-state index < -0.39 is 0 Å². The second-order valence-corrected chi connectivity index (χ2v) is 12.0. The van der Waals surface area contributed by atoms with Crippen LogP contribution in [0.1, 0.15) is 23.0 Å². The van der Waals surface area contributed by atoms with Gasteiger partial charge in [0.05, 0.1) is 0 Å². The van der Waals surface area contributed by atoms with E-state index in [1.165, 1.54) is 22.3 Å². The Hall–Kier alpha value is -5.41. The molecule has 5 aromatic carbocycles. The minimum atomic E-state index is 0.352. The molecule has 3 heteroatoms. The van der Waals surface area contributed by atoms with Gasteiger partial charge in [-0.05, 0) is 69.3 Å². The van der Waals surface area contributed by atoms with E-state index in [4.69, 9.17) is 15.0 Å². The Kier molecular flexibility index (Phi) is 5.77. The van der Waals surface area contributed by atoms with Gasteiger partial charge in [-0.25, -0.2) is 15.0 Å². The maximum absolute atomic E-state index is 5.13. The fraction of sp³-hybridized carbons (Fsp3) is 0.0976. The summed E-state index contributed by atoms with van der Waals surface area (Å²) in [6.45, 7) is 0. The molecule has 2 unspecified atom stereocenters. The average molecular weight is 564 g/mol. The second kappa shape index (κ2) is 10.1. The highest BCUT2D eigenvalue weighted by molar-refractivity contribution is 5.75. The van der Waals surface area contributed by atoms with Gasteiger partial charge in [0.1, 0.15) is 0 Å². The smallest absolute Gasteiger partial charge is 0.164 e. The lowest BCUT2D eigenvalue weighted by atomic mass is 9.92. The molecule has 10 rings (SSSR count). The van der Waals surface area contributed by atoms with Crippen LogP contribution in [-0.4, -0.2) is 15.0 Å². The molecule has 0 spiro atoms. The Bertz CT molecular complexity index is 1970. The molecule has 1 saturated carbocycles. The van der Waals surface area contributed by atoms with Crippen molar-refractivity contribution in [2.75, 3.05) is 0 Å². The molecular formula is C41H29N3. The maximum Gasteiger partial charge on any atom is 0.164 e. The third kappa shape index (κ3) is 4.32. The molecular weight excluding hydrogens is 534 g/mol. The SMILES string of the molecule is C1=CC2C3C=CC1c1ccc(-c4nc(-c5cccc(-c6ccccc6)c5)nc(-c5cccc(-c6ccccc6)c5)n4)cc1C23. The van der Waals surface area contributed by atoms with Crippen molar-refractivity contribution >= 4 is 0 Å². The van der Waals surface area contributed by atoms with Crippen molar-refractivity contribution in [2.24, 2.45) is 11.8 Å². The minimum absolute atomic E-state index is 0.352. The molecule has 0 aliphatic heterocycles. The second-order valence-electron chi connectivity index (χ2n) is 12.0. The summed E-state index contributed by atoms with van der Waals surface area (Å²) in [4.78, 5) is 15.3. The van der Waals surface area contributed by atoms with Crippen LogP contribution in [0.25, 0.3) is 56.4 Å². The van der Waals surface area contributed by atoms with Crippen LogP contribution in [0.4, 0.5) is 0 Å². The van der Waals surface area contributed by atoms with E-state index in [1.807, 2.05) is 12.1 Å². The molecule has 1 aromatic heterocycles. The monoisotopic (exact) mass is 563 g/mol. The lowest BCUT2D eigenvalue weighted by Crippen LogP contribution is -2.02. The van der Waals surface area contributed by atoms with E-state index in [0.717, 1.165) is 27.8 Å². The zero-order valence-electron chi connectivity index (χ0n) is 24.1. The van der Waals surface area contributed by atoms with Crippen molar-refractivity contribution in [1.29, 1.82) is 0 Å². The largest absolute Gasteiger partial charge is 0.208 e. The first-order chi connectivity index (χ1) is 21.8. The molecule has 0 saturated heterocycles. The lowest BCUT2D eigenvalue weighted by molar-refractivity contribution is 0.998. The van der Waals surface area contributed by atoms with Crippen LogP contribution >= 0.6 is 0 Å². The van der Waals surface area contributed by atoms with E-state index in [-0.39, 0.29) is 0 Å². The van der Waals surface area contributed by atoms with Crippen molar-refractivity contribution in [2.45, 2.75) is 11.8 Å². The van der Waals surface area contributed by atoms with Crippen molar-refractivity contribution in [3.8, 4) is 56.4 Å². The Balaban J connectivity index is 1.19. The number of allylic oxidation sites excluding steroid dienone is 4. The molecule has 0 radical (unpaired) electrons. The first-order valence-corrected chi connectivity index (χ1v) is 15.4. The highest BCUT2D eigenvalue weighted by Gasteiger charge is 2.51. The summed E-state index contributed by atoms with van der Waals surface area (Å²) < 4.78 is 0. The lowest BCUT2D eigenvalue weighted by Gasteiger charge is -2.14. The molecule has 3 nitrogen and oxygen atoms in total. The predicted molar refractivity (Wildman–Crippen MR) is 178 cm³/mol. The summed E-state index contributed by atoms with van der Waals surface area (Å²) in [7, 11) is 0.